The highest BCUT2D eigenvalue weighted by atomic mass is 35.5. The molecule has 2 heterocycles. The monoisotopic (exact) mass is 350 g/mol. The summed E-state index contributed by atoms with van der Waals surface area (Å²) in [5.41, 5.74) is 0. The van der Waals surface area contributed by atoms with Crippen LogP contribution in [0.5, 0.6) is 0 Å². The predicted molar refractivity (Wildman–Crippen MR) is 77.8 cm³/mol. The third kappa shape index (κ3) is 3.96. The maximum absolute atomic E-state index is 12.1. The summed E-state index contributed by atoms with van der Waals surface area (Å²) in [7, 11) is -3.57. The SMILES string of the molecule is Cl.O=S(=O)(N[C@@H]1CCCNC1)c1cc(Cl)sc1Cl. The van der Waals surface area contributed by atoms with Crippen molar-refractivity contribution in [1.29, 1.82) is 0 Å². The fraction of sp³-hybridized carbons (Fsp3) is 0.556. The lowest BCUT2D eigenvalue weighted by molar-refractivity contribution is 0.429. The Kier molecular flexibility index (Phi) is 6.18. The molecule has 9 heteroatoms. The van der Waals surface area contributed by atoms with Gasteiger partial charge in [0.05, 0.1) is 4.34 Å². The Bertz CT molecular complexity index is 498. The van der Waals surface area contributed by atoms with E-state index < -0.39 is 10.0 Å². The van der Waals surface area contributed by atoms with Crippen LogP contribution in [0.2, 0.25) is 8.67 Å². The maximum Gasteiger partial charge on any atom is 0.243 e. The zero-order valence-electron chi connectivity index (χ0n) is 9.28. The van der Waals surface area contributed by atoms with Crippen LogP contribution in [-0.2, 0) is 10.0 Å². The van der Waals surface area contributed by atoms with Crippen LogP contribution in [0, 0.1) is 0 Å². The molecule has 0 aromatic carbocycles. The van der Waals surface area contributed by atoms with Crippen LogP contribution < -0.4 is 10.0 Å². The van der Waals surface area contributed by atoms with Crippen molar-refractivity contribution < 1.29 is 8.42 Å². The van der Waals surface area contributed by atoms with E-state index in [2.05, 4.69) is 10.0 Å². The molecular weight excluding hydrogens is 339 g/mol. The fourth-order valence-corrected chi connectivity index (χ4v) is 5.16. The van der Waals surface area contributed by atoms with Gasteiger partial charge in [-0.25, -0.2) is 13.1 Å². The van der Waals surface area contributed by atoms with Crippen molar-refractivity contribution in [2.24, 2.45) is 0 Å². The molecule has 1 saturated heterocycles. The average Bonchev–Trinajstić information content (AvgIpc) is 2.59. The lowest BCUT2D eigenvalue weighted by Gasteiger charge is -2.23. The van der Waals surface area contributed by atoms with Crippen molar-refractivity contribution in [3.8, 4) is 0 Å². The smallest absolute Gasteiger partial charge is 0.243 e. The number of rotatable bonds is 3. The molecule has 1 aliphatic heterocycles. The molecule has 104 valence electrons. The van der Waals surface area contributed by atoms with Gasteiger partial charge in [0, 0.05) is 12.6 Å². The van der Waals surface area contributed by atoms with Crippen LogP contribution in [-0.4, -0.2) is 27.5 Å². The minimum atomic E-state index is -3.57. The van der Waals surface area contributed by atoms with Crippen molar-refractivity contribution in [2.45, 2.75) is 23.8 Å². The molecule has 1 atom stereocenters. The van der Waals surface area contributed by atoms with Crippen molar-refractivity contribution in [1.82, 2.24) is 10.0 Å². The Morgan fingerprint density at radius 2 is 2.17 bits per heavy atom. The number of hydrogen-bond acceptors (Lipinski definition) is 4. The molecule has 2 N–H and O–H groups in total. The van der Waals surface area contributed by atoms with E-state index in [0.29, 0.717) is 10.9 Å². The Balaban J connectivity index is 0.00000162. The highest BCUT2D eigenvalue weighted by Gasteiger charge is 2.25. The number of sulfonamides is 1. The van der Waals surface area contributed by atoms with Crippen LogP contribution >= 0.6 is 46.9 Å². The molecule has 1 aromatic rings. The second kappa shape index (κ2) is 6.74. The van der Waals surface area contributed by atoms with Gasteiger partial charge in [0.15, 0.2) is 0 Å². The molecule has 0 saturated carbocycles. The van der Waals surface area contributed by atoms with Crippen molar-refractivity contribution >= 4 is 57.0 Å². The third-order valence-corrected chi connectivity index (χ3v) is 5.81. The van der Waals surface area contributed by atoms with Crippen LogP contribution in [0.3, 0.4) is 0 Å². The first kappa shape index (κ1) is 16.5. The average molecular weight is 352 g/mol. The van der Waals surface area contributed by atoms with E-state index in [1.54, 1.807) is 0 Å². The van der Waals surface area contributed by atoms with Gasteiger partial charge in [-0.1, -0.05) is 23.2 Å². The first-order chi connectivity index (χ1) is 7.99. The first-order valence-electron chi connectivity index (χ1n) is 5.17. The summed E-state index contributed by atoms with van der Waals surface area (Å²) in [6.45, 7) is 1.58. The summed E-state index contributed by atoms with van der Waals surface area (Å²) < 4.78 is 27.3. The quantitative estimate of drug-likeness (QED) is 0.879. The molecule has 0 radical (unpaired) electrons. The molecule has 18 heavy (non-hydrogen) atoms. The molecule has 0 spiro atoms. The molecule has 0 aliphatic carbocycles. The first-order valence-corrected chi connectivity index (χ1v) is 8.22. The lowest BCUT2D eigenvalue weighted by atomic mass is 10.1. The Hall–Kier alpha value is 0.440. The van der Waals surface area contributed by atoms with E-state index in [4.69, 9.17) is 23.2 Å². The topological polar surface area (TPSA) is 58.2 Å². The summed E-state index contributed by atoms with van der Waals surface area (Å²) >= 11 is 12.6. The standard InChI is InChI=1S/C9H12Cl2N2O2S2.ClH/c10-8-4-7(9(11)16-8)17(14,15)13-6-2-1-3-12-5-6;/h4,6,12-13H,1-3,5H2;1H/t6-;/m1./s1. The van der Waals surface area contributed by atoms with Crippen molar-refractivity contribution in [3.63, 3.8) is 0 Å². The molecule has 1 aliphatic rings. The lowest BCUT2D eigenvalue weighted by Crippen LogP contribution is -2.45. The van der Waals surface area contributed by atoms with Crippen molar-refractivity contribution in [3.05, 3.63) is 14.7 Å². The minimum absolute atomic E-state index is 0. The highest BCUT2D eigenvalue weighted by molar-refractivity contribution is 7.89. The molecule has 0 unspecified atom stereocenters. The number of nitrogens with one attached hydrogen (secondary N) is 2. The van der Waals surface area contributed by atoms with E-state index >= 15 is 0 Å². The van der Waals surface area contributed by atoms with E-state index in [9.17, 15) is 8.42 Å². The second-order valence-corrected chi connectivity index (χ2v) is 7.82. The third-order valence-electron chi connectivity index (χ3n) is 2.53. The van der Waals surface area contributed by atoms with E-state index in [1.807, 2.05) is 0 Å². The van der Waals surface area contributed by atoms with Crippen LogP contribution in [0.4, 0.5) is 0 Å². The van der Waals surface area contributed by atoms with Gasteiger partial charge >= 0.3 is 0 Å². The molecule has 1 fully saturated rings. The zero-order valence-corrected chi connectivity index (χ0v) is 13.2. The zero-order chi connectivity index (χ0) is 12.5. The minimum Gasteiger partial charge on any atom is -0.315 e. The number of hydrogen-bond donors (Lipinski definition) is 2. The predicted octanol–water partition coefficient (Wildman–Crippen LogP) is 2.51. The van der Waals surface area contributed by atoms with Gasteiger partial charge in [0.1, 0.15) is 9.23 Å². The van der Waals surface area contributed by atoms with Gasteiger partial charge in [0.25, 0.3) is 0 Å². The molecule has 0 amide bonds. The molecule has 0 bridgehead atoms. The normalized spacial score (nSPS) is 20.4. The number of piperidine rings is 1. The number of thiophene rings is 1. The van der Waals surface area contributed by atoms with Crippen molar-refractivity contribution in [2.75, 3.05) is 13.1 Å². The molecule has 4 nitrogen and oxygen atoms in total. The van der Waals surface area contributed by atoms with Gasteiger partial charge in [-0.15, -0.1) is 23.7 Å². The molecular formula is C9H13Cl3N2O2S2. The summed E-state index contributed by atoms with van der Waals surface area (Å²) in [5, 5.41) is 3.15. The molecule has 2 rings (SSSR count). The van der Waals surface area contributed by atoms with Gasteiger partial charge in [-0.3, -0.25) is 0 Å². The van der Waals surface area contributed by atoms with Gasteiger partial charge < -0.3 is 5.32 Å². The van der Waals surface area contributed by atoms with Gasteiger partial charge in [0.2, 0.25) is 10.0 Å². The second-order valence-electron chi connectivity index (χ2n) is 3.85. The Morgan fingerprint density at radius 3 is 2.67 bits per heavy atom. The largest absolute Gasteiger partial charge is 0.315 e. The summed E-state index contributed by atoms with van der Waals surface area (Å²) in [4.78, 5) is 0.0692. The summed E-state index contributed by atoms with van der Waals surface area (Å²) in [6.07, 6.45) is 1.80. The van der Waals surface area contributed by atoms with Crippen LogP contribution in [0.15, 0.2) is 11.0 Å². The van der Waals surface area contributed by atoms with Gasteiger partial charge in [-0.2, -0.15) is 0 Å². The summed E-state index contributed by atoms with van der Waals surface area (Å²) in [5.74, 6) is 0. The van der Waals surface area contributed by atoms with E-state index in [1.165, 1.54) is 6.07 Å². The summed E-state index contributed by atoms with van der Waals surface area (Å²) in [6, 6.07) is 1.30. The van der Waals surface area contributed by atoms with E-state index in [-0.39, 0.29) is 27.7 Å². The number of halogens is 3. The maximum atomic E-state index is 12.1. The highest BCUT2D eigenvalue weighted by Crippen LogP contribution is 2.34. The molecule has 1 aromatic heterocycles. The fourth-order valence-electron chi connectivity index (χ4n) is 1.74. The van der Waals surface area contributed by atoms with Gasteiger partial charge in [-0.05, 0) is 25.5 Å². The van der Waals surface area contributed by atoms with E-state index in [0.717, 1.165) is 30.7 Å². The Morgan fingerprint density at radius 1 is 1.44 bits per heavy atom. The van der Waals surface area contributed by atoms with Crippen LogP contribution in [0.1, 0.15) is 12.8 Å². The Labute approximate surface area is 127 Å². The van der Waals surface area contributed by atoms with Crippen LogP contribution in [0.25, 0.3) is 0 Å².